The van der Waals surface area contributed by atoms with Crippen molar-refractivity contribution in [3.05, 3.63) is 54.5 Å². The number of fused-ring (bicyclic) bond motifs is 1. The van der Waals surface area contributed by atoms with Crippen LogP contribution in [-0.4, -0.2) is 39.0 Å². The third-order valence-corrected chi connectivity index (χ3v) is 5.15. The molecule has 0 aliphatic heterocycles. The maximum absolute atomic E-state index is 11.7. The van der Waals surface area contributed by atoms with Gasteiger partial charge in [0.15, 0.2) is 0 Å². The van der Waals surface area contributed by atoms with E-state index >= 15 is 0 Å². The molecule has 0 aliphatic carbocycles. The molecule has 2 aromatic heterocycles. The van der Waals surface area contributed by atoms with Gasteiger partial charge in [-0.1, -0.05) is 12.1 Å². The summed E-state index contributed by atoms with van der Waals surface area (Å²) in [6.07, 6.45) is 6.62. The zero-order chi connectivity index (χ0) is 17.1. The van der Waals surface area contributed by atoms with Gasteiger partial charge in [0.2, 0.25) is 0 Å². The van der Waals surface area contributed by atoms with Gasteiger partial charge in [0.05, 0.1) is 0 Å². The standard InChI is InChI=1S/C18H22N4OS/c1-21(2)24(23)20-11-8-16-13-22(3)18-12-15(4-5-17(16)18)14-6-9-19-10-7-14/h4-7,9-10,12-13,20H,8,11H2,1-3H3. The van der Waals surface area contributed by atoms with Crippen LogP contribution in [0.15, 0.2) is 48.9 Å². The summed E-state index contributed by atoms with van der Waals surface area (Å²) in [5.41, 5.74) is 4.81. The average Bonchev–Trinajstić information content (AvgIpc) is 2.91. The molecule has 0 bridgehead atoms. The predicted molar refractivity (Wildman–Crippen MR) is 99.7 cm³/mol. The SMILES string of the molecule is CN(C)[S+]([O-])NCCc1cn(C)c2cc(-c3ccncc3)ccc12. The van der Waals surface area contributed by atoms with E-state index in [9.17, 15) is 4.55 Å². The van der Waals surface area contributed by atoms with Gasteiger partial charge in [-0.2, -0.15) is 0 Å². The van der Waals surface area contributed by atoms with Crippen LogP contribution in [0.5, 0.6) is 0 Å². The van der Waals surface area contributed by atoms with Crippen LogP contribution in [0.3, 0.4) is 0 Å². The molecular weight excluding hydrogens is 320 g/mol. The molecular formula is C18H22N4OS. The molecule has 2 heterocycles. The molecule has 0 spiro atoms. The molecule has 126 valence electrons. The lowest BCUT2D eigenvalue weighted by molar-refractivity contribution is 0.505. The Kier molecular flexibility index (Phi) is 5.20. The van der Waals surface area contributed by atoms with Crippen molar-refractivity contribution < 1.29 is 4.55 Å². The fraction of sp³-hybridized carbons (Fsp3) is 0.278. The highest BCUT2D eigenvalue weighted by atomic mass is 32.2. The summed E-state index contributed by atoms with van der Waals surface area (Å²) in [5.74, 6) is 0. The van der Waals surface area contributed by atoms with Crippen molar-refractivity contribution in [2.45, 2.75) is 6.42 Å². The van der Waals surface area contributed by atoms with Crippen molar-refractivity contribution >= 4 is 22.5 Å². The molecule has 1 aromatic carbocycles. The first-order chi connectivity index (χ1) is 11.6. The van der Waals surface area contributed by atoms with Gasteiger partial charge in [-0.15, -0.1) is 9.03 Å². The fourth-order valence-corrected chi connectivity index (χ4v) is 3.33. The predicted octanol–water partition coefficient (Wildman–Crippen LogP) is 2.51. The lowest BCUT2D eigenvalue weighted by Crippen LogP contribution is -2.36. The molecule has 0 saturated carbocycles. The molecule has 0 aliphatic rings. The van der Waals surface area contributed by atoms with Crippen molar-refractivity contribution in [3.63, 3.8) is 0 Å². The van der Waals surface area contributed by atoms with E-state index in [2.05, 4.69) is 45.7 Å². The van der Waals surface area contributed by atoms with Gasteiger partial charge in [0.25, 0.3) is 0 Å². The second-order valence-corrected chi connectivity index (χ2v) is 7.46. The minimum atomic E-state index is -1.13. The molecule has 0 saturated heterocycles. The molecule has 1 N–H and O–H groups in total. The van der Waals surface area contributed by atoms with Crippen LogP contribution in [0.2, 0.25) is 0 Å². The van der Waals surface area contributed by atoms with Crippen molar-refractivity contribution in [1.82, 2.24) is 18.6 Å². The van der Waals surface area contributed by atoms with E-state index in [-0.39, 0.29) is 0 Å². The van der Waals surface area contributed by atoms with Crippen molar-refractivity contribution in [1.29, 1.82) is 0 Å². The largest absolute Gasteiger partial charge is 0.579 e. The number of aromatic nitrogens is 2. The second kappa shape index (κ2) is 7.36. The van der Waals surface area contributed by atoms with Gasteiger partial charge in [-0.05, 0) is 41.3 Å². The minimum absolute atomic E-state index is 0.677. The third kappa shape index (κ3) is 3.62. The average molecular weight is 342 g/mol. The molecule has 1 atom stereocenters. The third-order valence-electron chi connectivity index (χ3n) is 4.04. The zero-order valence-electron chi connectivity index (χ0n) is 14.2. The molecule has 3 aromatic rings. The highest BCUT2D eigenvalue weighted by Gasteiger charge is 2.12. The molecule has 3 rings (SSSR count). The maximum atomic E-state index is 11.7. The summed E-state index contributed by atoms with van der Waals surface area (Å²) in [5, 5.41) is 1.24. The lowest BCUT2D eigenvalue weighted by Gasteiger charge is -2.14. The Hall–Kier alpha value is -1.86. The van der Waals surface area contributed by atoms with E-state index in [4.69, 9.17) is 0 Å². The minimum Gasteiger partial charge on any atom is -0.579 e. The zero-order valence-corrected chi connectivity index (χ0v) is 15.0. The molecule has 6 heteroatoms. The highest BCUT2D eigenvalue weighted by molar-refractivity contribution is 7.87. The number of benzene rings is 1. The number of aryl methyl sites for hydroxylation is 1. The molecule has 5 nitrogen and oxygen atoms in total. The Morgan fingerprint density at radius 2 is 1.92 bits per heavy atom. The van der Waals surface area contributed by atoms with E-state index in [1.807, 2.05) is 24.5 Å². The van der Waals surface area contributed by atoms with Crippen LogP contribution < -0.4 is 4.72 Å². The first-order valence-corrected chi connectivity index (χ1v) is 8.98. The number of hydrogen-bond acceptors (Lipinski definition) is 4. The van der Waals surface area contributed by atoms with Crippen molar-refractivity contribution in [2.75, 3.05) is 20.6 Å². The fourth-order valence-electron chi connectivity index (χ4n) is 2.79. The van der Waals surface area contributed by atoms with Crippen LogP contribution in [0.1, 0.15) is 5.56 Å². The highest BCUT2D eigenvalue weighted by Crippen LogP contribution is 2.27. The van der Waals surface area contributed by atoms with Crippen LogP contribution in [-0.2, 0) is 25.0 Å². The van der Waals surface area contributed by atoms with Crippen LogP contribution in [0.4, 0.5) is 0 Å². The number of hydrogen-bond donors (Lipinski definition) is 1. The number of nitrogens with one attached hydrogen (secondary N) is 1. The van der Waals surface area contributed by atoms with E-state index in [0.717, 1.165) is 12.0 Å². The van der Waals surface area contributed by atoms with Crippen LogP contribution in [0.25, 0.3) is 22.0 Å². The summed E-state index contributed by atoms with van der Waals surface area (Å²) in [6, 6.07) is 10.6. The maximum Gasteiger partial charge on any atom is 0.137 e. The molecule has 1 unspecified atom stereocenters. The van der Waals surface area contributed by atoms with Gasteiger partial charge in [-0.3, -0.25) is 4.98 Å². The molecule has 0 fully saturated rings. The summed E-state index contributed by atoms with van der Waals surface area (Å²) >= 11 is -1.13. The Morgan fingerprint density at radius 3 is 2.62 bits per heavy atom. The quantitative estimate of drug-likeness (QED) is 0.700. The van der Waals surface area contributed by atoms with E-state index in [1.54, 1.807) is 18.4 Å². The smallest absolute Gasteiger partial charge is 0.137 e. The number of rotatable bonds is 6. The van der Waals surface area contributed by atoms with Crippen molar-refractivity contribution in [3.8, 4) is 11.1 Å². The van der Waals surface area contributed by atoms with E-state index < -0.39 is 11.5 Å². The molecule has 24 heavy (non-hydrogen) atoms. The normalized spacial score (nSPS) is 12.9. The second-order valence-electron chi connectivity index (χ2n) is 5.94. The summed E-state index contributed by atoms with van der Waals surface area (Å²) < 4.78 is 18.6. The summed E-state index contributed by atoms with van der Waals surface area (Å²) in [7, 11) is 5.65. The topological polar surface area (TPSA) is 56.1 Å². The summed E-state index contributed by atoms with van der Waals surface area (Å²) in [6.45, 7) is 0.677. The molecule has 0 amide bonds. The van der Waals surface area contributed by atoms with Gasteiger partial charge >= 0.3 is 0 Å². The van der Waals surface area contributed by atoms with Gasteiger partial charge in [0.1, 0.15) is 11.5 Å². The monoisotopic (exact) mass is 342 g/mol. The van der Waals surface area contributed by atoms with Gasteiger partial charge in [0, 0.05) is 57.2 Å². The van der Waals surface area contributed by atoms with Crippen LogP contribution >= 0.6 is 0 Å². The number of nitrogens with zero attached hydrogens (tertiary/aromatic N) is 3. The van der Waals surface area contributed by atoms with Crippen LogP contribution in [0, 0.1) is 0 Å². The van der Waals surface area contributed by atoms with E-state index in [0.29, 0.717) is 6.54 Å². The summed E-state index contributed by atoms with van der Waals surface area (Å²) in [4.78, 5) is 4.07. The number of pyridine rings is 1. The first-order valence-electron chi connectivity index (χ1n) is 7.87. The first kappa shape index (κ1) is 17.0. The Bertz CT molecular complexity index is 817. The van der Waals surface area contributed by atoms with E-state index in [1.165, 1.54) is 22.0 Å². The Balaban J connectivity index is 1.82. The van der Waals surface area contributed by atoms with Crippen molar-refractivity contribution in [2.24, 2.45) is 7.05 Å². The lowest BCUT2D eigenvalue weighted by atomic mass is 10.0. The Labute approximate surface area is 145 Å². The molecule has 0 radical (unpaired) electrons. The Morgan fingerprint density at radius 1 is 1.17 bits per heavy atom. The van der Waals surface area contributed by atoms with Gasteiger partial charge in [-0.25, -0.2) is 0 Å². The van der Waals surface area contributed by atoms with Gasteiger partial charge < -0.3 is 9.12 Å².